The number of esters is 2. The van der Waals surface area contributed by atoms with Crippen LogP contribution in [-0.2, 0) is 11.2 Å². The van der Waals surface area contributed by atoms with Crippen LogP contribution in [0.2, 0.25) is 0 Å². The zero-order valence-electron chi connectivity index (χ0n) is 25.9. The third kappa shape index (κ3) is 11.1. The van der Waals surface area contributed by atoms with Crippen molar-refractivity contribution in [3.63, 3.8) is 0 Å². The Labute approximate surface area is 258 Å². The van der Waals surface area contributed by atoms with Gasteiger partial charge in [0.05, 0.1) is 11.1 Å². The molecule has 0 bridgehead atoms. The zero-order chi connectivity index (χ0) is 32.0. The van der Waals surface area contributed by atoms with Gasteiger partial charge in [0.2, 0.25) is 0 Å². The summed E-state index contributed by atoms with van der Waals surface area (Å²) < 4.78 is 50.7. The maximum Gasteiger partial charge on any atom is 0.425 e. The molecule has 0 aliphatic rings. The highest BCUT2D eigenvalue weighted by Gasteiger charge is 2.42. The molecule has 9 heteroatoms. The van der Waals surface area contributed by atoms with Crippen molar-refractivity contribution in [3.8, 4) is 17.1 Å². The molecule has 2 aromatic carbocycles. The Balaban J connectivity index is 1.55. The Hall–Kier alpha value is -3.75. The summed E-state index contributed by atoms with van der Waals surface area (Å²) in [5.74, 6) is -0.968. The molecule has 3 rings (SSSR count). The van der Waals surface area contributed by atoms with Crippen molar-refractivity contribution >= 4 is 11.9 Å². The second-order valence-electron chi connectivity index (χ2n) is 11.2. The lowest BCUT2D eigenvalue weighted by Gasteiger charge is -2.21. The van der Waals surface area contributed by atoms with E-state index in [1.165, 1.54) is 50.3 Å². The number of ether oxygens (including phenoxy) is 2. The molecule has 0 saturated carbocycles. The van der Waals surface area contributed by atoms with Gasteiger partial charge in [-0.3, -0.25) is 0 Å². The summed E-state index contributed by atoms with van der Waals surface area (Å²) in [4.78, 5) is 34.3. The number of unbranched alkanes of at least 4 members (excludes halogenated alkanes) is 8. The lowest BCUT2D eigenvalue weighted by molar-refractivity contribution is -0.206. The van der Waals surface area contributed by atoms with E-state index >= 15 is 0 Å². The lowest BCUT2D eigenvalue weighted by Crippen LogP contribution is -2.34. The van der Waals surface area contributed by atoms with E-state index in [2.05, 4.69) is 16.9 Å². The van der Waals surface area contributed by atoms with Crippen molar-refractivity contribution in [2.75, 3.05) is 0 Å². The number of halogens is 3. The predicted molar refractivity (Wildman–Crippen MR) is 165 cm³/mol. The van der Waals surface area contributed by atoms with Crippen LogP contribution in [0.1, 0.15) is 116 Å². The monoisotopic (exact) mass is 612 g/mol. The molecule has 1 aromatic heterocycles. The maximum absolute atomic E-state index is 13.5. The molecule has 0 aliphatic carbocycles. The first kappa shape index (κ1) is 34.7. The minimum atomic E-state index is -4.65. The number of hydrogen-bond acceptors (Lipinski definition) is 6. The first-order valence-corrected chi connectivity index (χ1v) is 15.6. The van der Waals surface area contributed by atoms with Crippen LogP contribution in [-0.4, -0.2) is 34.2 Å². The summed E-state index contributed by atoms with van der Waals surface area (Å²) in [6, 6.07) is 10.8. The number of nitrogens with zero attached hydrogens (tertiary/aromatic N) is 2. The van der Waals surface area contributed by atoms with Gasteiger partial charge in [-0.1, -0.05) is 77.3 Å². The smallest absolute Gasteiger partial charge is 0.425 e. The molecular weight excluding hydrogens is 569 g/mol. The lowest BCUT2D eigenvalue weighted by atomic mass is 10.1. The van der Waals surface area contributed by atoms with E-state index in [9.17, 15) is 22.8 Å². The van der Waals surface area contributed by atoms with Crippen LogP contribution in [0.25, 0.3) is 11.4 Å². The van der Waals surface area contributed by atoms with Crippen molar-refractivity contribution in [2.24, 2.45) is 0 Å². The average Bonchev–Trinajstić information content (AvgIpc) is 3.00. The Kier molecular flexibility index (Phi) is 13.8. The fourth-order valence-electron chi connectivity index (χ4n) is 4.83. The Bertz CT molecular complexity index is 1330. The largest absolute Gasteiger partial charge is 0.449 e. The van der Waals surface area contributed by atoms with Gasteiger partial charge in [0.1, 0.15) is 5.75 Å². The van der Waals surface area contributed by atoms with E-state index in [-0.39, 0.29) is 17.7 Å². The van der Waals surface area contributed by atoms with Gasteiger partial charge in [-0.15, -0.1) is 0 Å². The van der Waals surface area contributed by atoms with Gasteiger partial charge in [0.15, 0.2) is 11.9 Å². The molecule has 44 heavy (non-hydrogen) atoms. The molecule has 0 aliphatic heterocycles. The number of rotatable bonds is 17. The van der Waals surface area contributed by atoms with Crippen molar-refractivity contribution in [2.45, 2.75) is 110 Å². The fourth-order valence-corrected chi connectivity index (χ4v) is 4.83. The van der Waals surface area contributed by atoms with Crippen LogP contribution in [0.4, 0.5) is 13.2 Å². The highest BCUT2D eigenvalue weighted by molar-refractivity contribution is 5.93. The summed E-state index contributed by atoms with van der Waals surface area (Å²) in [6.07, 6.45) is 7.60. The van der Waals surface area contributed by atoms with Gasteiger partial charge in [-0.25, -0.2) is 19.6 Å². The number of aryl methyl sites for hydroxylation is 2. The first-order chi connectivity index (χ1) is 21.1. The number of carbonyl (C=O) groups excluding carboxylic acids is 2. The third-order valence-corrected chi connectivity index (χ3v) is 7.47. The maximum atomic E-state index is 13.5. The molecule has 238 valence electrons. The van der Waals surface area contributed by atoms with Crippen LogP contribution < -0.4 is 4.74 Å². The quantitative estimate of drug-likeness (QED) is 0.0858. The van der Waals surface area contributed by atoms with Gasteiger partial charge < -0.3 is 9.47 Å². The topological polar surface area (TPSA) is 78.4 Å². The van der Waals surface area contributed by atoms with Gasteiger partial charge in [0.25, 0.3) is 0 Å². The minimum Gasteiger partial charge on any atom is -0.449 e. The van der Waals surface area contributed by atoms with Gasteiger partial charge >= 0.3 is 18.1 Å². The molecule has 1 heterocycles. The molecule has 0 N–H and O–H groups in total. The first-order valence-electron chi connectivity index (χ1n) is 15.6. The number of alkyl halides is 3. The van der Waals surface area contributed by atoms with Crippen molar-refractivity contribution in [1.29, 1.82) is 0 Å². The average molecular weight is 613 g/mol. The van der Waals surface area contributed by atoms with E-state index in [0.717, 1.165) is 36.8 Å². The van der Waals surface area contributed by atoms with E-state index in [4.69, 9.17) is 9.47 Å². The Morgan fingerprint density at radius 3 is 2.02 bits per heavy atom. The molecule has 0 unspecified atom stereocenters. The number of carbonyl (C=O) groups is 2. The molecule has 3 aromatic rings. The summed E-state index contributed by atoms with van der Waals surface area (Å²) in [7, 11) is 0. The Morgan fingerprint density at radius 2 is 1.41 bits per heavy atom. The van der Waals surface area contributed by atoms with Crippen LogP contribution in [0, 0.1) is 6.92 Å². The van der Waals surface area contributed by atoms with Crippen molar-refractivity contribution in [1.82, 2.24) is 9.97 Å². The third-order valence-electron chi connectivity index (χ3n) is 7.47. The summed E-state index contributed by atoms with van der Waals surface area (Å²) in [5, 5.41) is 0. The SMILES string of the molecule is CCCCCCCCc1cnc(-c2ccc(C(=O)Oc3ccc(C(=O)O[C@H](CCCCCC)C(F)(F)F)c(C)c3)cc2)nc1. The number of hydrogen-bond donors (Lipinski definition) is 0. The standard InChI is InChI=1S/C35H43F3N2O4/c1-4-6-8-10-11-12-14-26-23-39-32(40-24-26)27-16-18-28(19-17-27)33(41)43-29-20-21-30(25(3)22-29)34(42)44-31(35(36,37)38)15-13-9-7-5-2/h16-24,31H,4-15H2,1-3H3/t31-/m1/s1. The van der Waals surface area contributed by atoms with Crippen LogP contribution in [0.3, 0.4) is 0 Å². The van der Waals surface area contributed by atoms with Crippen molar-refractivity contribution < 1.29 is 32.2 Å². The molecular formula is C35H43F3N2O4. The predicted octanol–water partition coefficient (Wildman–Crippen LogP) is 9.63. The van der Waals surface area contributed by atoms with Gasteiger partial charge in [-0.2, -0.15) is 13.2 Å². The van der Waals surface area contributed by atoms with Crippen molar-refractivity contribution in [3.05, 3.63) is 77.1 Å². The van der Waals surface area contributed by atoms with E-state index in [0.29, 0.717) is 29.8 Å². The van der Waals surface area contributed by atoms with Crippen LogP contribution in [0.15, 0.2) is 54.9 Å². The highest BCUT2D eigenvalue weighted by atomic mass is 19.4. The zero-order valence-corrected chi connectivity index (χ0v) is 25.9. The van der Waals surface area contributed by atoms with Gasteiger partial charge in [-0.05, 0) is 74.1 Å². The van der Waals surface area contributed by atoms with Gasteiger partial charge in [0, 0.05) is 18.0 Å². The number of benzene rings is 2. The van der Waals surface area contributed by atoms with Crippen LogP contribution in [0.5, 0.6) is 5.75 Å². The van der Waals surface area contributed by atoms with E-state index in [1.807, 2.05) is 19.3 Å². The normalized spacial score (nSPS) is 12.1. The molecule has 0 radical (unpaired) electrons. The Morgan fingerprint density at radius 1 is 0.795 bits per heavy atom. The minimum absolute atomic E-state index is 0.0186. The summed E-state index contributed by atoms with van der Waals surface area (Å²) >= 11 is 0. The second kappa shape index (κ2) is 17.5. The second-order valence-corrected chi connectivity index (χ2v) is 11.2. The molecule has 0 spiro atoms. The summed E-state index contributed by atoms with van der Waals surface area (Å²) in [5.41, 5.74) is 2.47. The van der Waals surface area contributed by atoms with E-state index < -0.39 is 24.2 Å². The fraction of sp³-hybridized carbons (Fsp3) is 0.486. The molecule has 0 amide bonds. The molecule has 0 saturated heterocycles. The summed E-state index contributed by atoms with van der Waals surface area (Å²) in [6.45, 7) is 5.72. The molecule has 1 atom stereocenters. The highest BCUT2D eigenvalue weighted by Crippen LogP contribution is 2.29. The number of aromatic nitrogens is 2. The van der Waals surface area contributed by atoms with Crippen LogP contribution >= 0.6 is 0 Å². The molecule has 6 nitrogen and oxygen atoms in total. The molecule has 0 fully saturated rings. The van der Waals surface area contributed by atoms with E-state index in [1.54, 1.807) is 31.2 Å².